The van der Waals surface area contributed by atoms with Crippen LogP contribution in [-0.4, -0.2) is 36.0 Å². The van der Waals surface area contributed by atoms with E-state index >= 15 is 0 Å². The van der Waals surface area contributed by atoms with Crippen molar-refractivity contribution in [3.8, 4) is 0 Å². The second-order valence-corrected chi connectivity index (χ2v) is 8.27. The van der Waals surface area contributed by atoms with Gasteiger partial charge in [-0.15, -0.1) is 21.5 Å². The van der Waals surface area contributed by atoms with E-state index in [4.69, 9.17) is 0 Å². The Kier molecular flexibility index (Phi) is 6.06. The number of aromatic nitrogens is 5. The highest BCUT2D eigenvalue weighted by atomic mass is 32.2. The maximum Gasteiger partial charge on any atom is 0.236 e. The van der Waals surface area contributed by atoms with Crippen LogP contribution < -0.4 is 5.32 Å². The van der Waals surface area contributed by atoms with Crippen molar-refractivity contribution in [3.05, 3.63) is 77.3 Å². The van der Waals surface area contributed by atoms with Crippen LogP contribution in [0.1, 0.15) is 17.1 Å². The first-order valence-corrected chi connectivity index (χ1v) is 10.9. The Labute approximate surface area is 176 Å². The molecule has 4 rings (SSSR count). The van der Waals surface area contributed by atoms with Crippen LogP contribution in [0.4, 0.5) is 5.13 Å². The van der Waals surface area contributed by atoms with Crippen molar-refractivity contribution in [2.75, 3.05) is 11.1 Å². The van der Waals surface area contributed by atoms with Gasteiger partial charge >= 0.3 is 0 Å². The van der Waals surface area contributed by atoms with E-state index in [0.29, 0.717) is 18.1 Å². The van der Waals surface area contributed by atoms with Gasteiger partial charge in [-0.25, -0.2) is 4.98 Å². The number of thioether (sulfide) groups is 1. The van der Waals surface area contributed by atoms with Gasteiger partial charge in [-0.2, -0.15) is 0 Å². The first-order valence-electron chi connectivity index (χ1n) is 9.07. The van der Waals surface area contributed by atoms with Crippen LogP contribution in [0, 0.1) is 0 Å². The molecule has 0 atom stereocenters. The van der Waals surface area contributed by atoms with Crippen LogP contribution in [0.15, 0.2) is 65.4 Å². The first-order chi connectivity index (χ1) is 14.2. The normalized spacial score (nSPS) is 10.9. The topological polar surface area (TPSA) is 77.6 Å². The van der Waals surface area contributed by atoms with Crippen molar-refractivity contribution < 1.29 is 4.79 Å². The number of aryl methyl sites for hydroxylation is 1. The van der Waals surface area contributed by atoms with Crippen molar-refractivity contribution in [3.63, 3.8) is 0 Å². The highest BCUT2D eigenvalue weighted by molar-refractivity contribution is 7.99. The number of carbonyl (C=O) groups excluding carboxylic acids is 1. The number of anilines is 1. The molecule has 1 amide bonds. The molecule has 0 radical (unpaired) electrons. The lowest BCUT2D eigenvalue weighted by Gasteiger charge is -2.11. The molecule has 9 heteroatoms. The summed E-state index contributed by atoms with van der Waals surface area (Å²) in [6.45, 7) is 0.657. The van der Waals surface area contributed by atoms with E-state index in [1.165, 1.54) is 23.1 Å². The molecule has 7 nitrogen and oxygen atoms in total. The zero-order chi connectivity index (χ0) is 20.1. The fraction of sp³-hybridized carbons (Fsp3) is 0.200. The Morgan fingerprint density at radius 1 is 1.17 bits per heavy atom. The molecule has 0 unspecified atom stereocenters. The minimum Gasteiger partial charge on any atom is -0.354 e. The molecule has 1 N–H and O–H groups in total. The summed E-state index contributed by atoms with van der Waals surface area (Å²) >= 11 is 2.78. The van der Waals surface area contributed by atoms with E-state index in [1.54, 1.807) is 6.20 Å². The van der Waals surface area contributed by atoms with Crippen LogP contribution >= 0.6 is 23.1 Å². The molecule has 3 aromatic heterocycles. The monoisotopic (exact) mass is 424 g/mol. The summed E-state index contributed by atoms with van der Waals surface area (Å²) in [6.07, 6.45) is 4.36. The van der Waals surface area contributed by atoms with E-state index in [9.17, 15) is 4.79 Å². The lowest BCUT2D eigenvalue weighted by Crippen LogP contribution is -2.15. The molecule has 4 aromatic rings. The Balaban J connectivity index is 1.52. The summed E-state index contributed by atoms with van der Waals surface area (Å²) in [5, 5.41) is 14.7. The Bertz CT molecular complexity index is 1070. The predicted octanol–water partition coefficient (Wildman–Crippen LogP) is 3.44. The summed E-state index contributed by atoms with van der Waals surface area (Å²) in [5.41, 5.74) is 2.32. The van der Waals surface area contributed by atoms with Gasteiger partial charge in [0.05, 0.1) is 12.3 Å². The second kappa shape index (κ2) is 9.06. The van der Waals surface area contributed by atoms with Crippen molar-refractivity contribution in [2.24, 2.45) is 7.05 Å². The summed E-state index contributed by atoms with van der Waals surface area (Å²) < 4.78 is 4.17. The van der Waals surface area contributed by atoms with Gasteiger partial charge in [0.2, 0.25) is 5.91 Å². The Hall–Kier alpha value is -2.91. The molecule has 0 bridgehead atoms. The van der Waals surface area contributed by atoms with Gasteiger partial charge in [-0.05, 0) is 17.7 Å². The van der Waals surface area contributed by atoms with E-state index in [0.717, 1.165) is 22.2 Å². The van der Waals surface area contributed by atoms with Crippen molar-refractivity contribution in [1.29, 1.82) is 0 Å². The van der Waals surface area contributed by atoms with E-state index in [-0.39, 0.29) is 11.7 Å². The average molecular weight is 425 g/mol. The van der Waals surface area contributed by atoms with E-state index < -0.39 is 0 Å². The van der Waals surface area contributed by atoms with Crippen LogP contribution in [-0.2, 0) is 24.8 Å². The zero-order valence-corrected chi connectivity index (χ0v) is 17.5. The molecule has 0 spiro atoms. The van der Waals surface area contributed by atoms with E-state index in [1.807, 2.05) is 42.9 Å². The standard InChI is InChI=1S/C20H20N6OS2/c1-25-10-5-8-16(25)12-17-23-24-20(26(17)13-15-6-3-2-4-7-15)29-14-18(27)22-19-21-9-11-28-19/h2-11H,12-14H2,1H3,(H,21,22,27). The van der Waals surface area contributed by atoms with Gasteiger partial charge in [0.25, 0.3) is 0 Å². The Morgan fingerprint density at radius 3 is 2.76 bits per heavy atom. The molecular weight excluding hydrogens is 404 g/mol. The van der Waals surface area contributed by atoms with Crippen molar-refractivity contribution >= 4 is 34.1 Å². The van der Waals surface area contributed by atoms with Gasteiger partial charge in [0, 0.05) is 36.9 Å². The number of carbonyl (C=O) groups is 1. The number of amides is 1. The number of nitrogens with zero attached hydrogens (tertiary/aromatic N) is 5. The van der Waals surface area contributed by atoms with Gasteiger partial charge < -0.3 is 14.5 Å². The maximum atomic E-state index is 12.2. The molecule has 0 saturated heterocycles. The number of rotatable bonds is 8. The summed E-state index contributed by atoms with van der Waals surface area (Å²) in [5.74, 6) is 1.01. The summed E-state index contributed by atoms with van der Waals surface area (Å²) in [6, 6.07) is 14.3. The number of nitrogens with one attached hydrogen (secondary N) is 1. The molecule has 3 heterocycles. The number of hydrogen-bond acceptors (Lipinski definition) is 6. The summed E-state index contributed by atoms with van der Waals surface area (Å²) in [7, 11) is 2.02. The average Bonchev–Trinajstić information content (AvgIpc) is 3.46. The summed E-state index contributed by atoms with van der Waals surface area (Å²) in [4.78, 5) is 16.3. The smallest absolute Gasteiger partial charge is 0.236 e. The van der Waals surface area contributed by atoms with Gasteiger partial charge in [-0.1, -0.05) is 42.1 Å². The highest BCUT2D eigenvalue weighted by Crippen LogP contribution is 2.21. The van der Waals surface area contributed by atoms with E-state index in [2.05, 4.69) is 47.8 Å². The molecule has 148 valence electrons. The maximum absolute atomic E-state index is 12.2. The third-order valence-electron chi connectivity index (χ3n) is 4.38. The lowest BCUT2D eigenvalue weighted by molar-refractivity contribution is -0.113. The molecule has 0 saturated carbocycles. The molecular formula is C20H20N6OS2. The molecule has 0 aliphatic heterocycles. The number of thiazole rings is 1. The van der Waals surface area contributed by atoms with Crippen LogP contribution in [0.5, 0.6) is 0 Å². The highest BCUT2D eigenvalue weighted by Gasteiger charge is 2.16. The molecule has 0 aliphatic carbocycles. The minimum atomic E-state index is -0.108. The van der Waals surface area contributed by atoms with Crippen LogP contribution in [0.2, 0.25) is 0 Å². The molecule has 1 aromatic carbocycles. The third kappa shape index (κ3) is 4.93. The predicted molar refractivity (Wildman–Crippen MR) is 115 cm³/mol. The SMILES string of the molecule is Cn1cccc1Cc1nnc(SCC(=O)Nc2nccs2)n1Cc1ccccc1. The molecule has 0 fully saturated rings. The fourth-order valence-electron chi connectivity index (χ4n) is 2.89. The van der Waals surface area contributed by atoms with Crippen molar-refractivity contribution in [1.82, 2.24) is 24.3 Å². The largest absolute Gasteiger partial charge is 0.354 e. The second-order valence-electron chi connectivity index (χ2n) is 6.43. The van der Waals surface area contributed by atoms with Gasteiger partial charge in [0.1, 0.15) is 5.82 Å². The number of benzene rings is 1. The van der Waals surface area contributed by atoms with Crippen LogP contribution in [0.25, 0.3) is 0 Å². The van der Waals surface area contributed by atoms with Gasteiger partial charge in [-0.3, -0.25) is 4.79 Å². The molecule has 29 heavy (non-hydrogen) atoms. The zero-order valence-electron chi connectivity index (χ0n) is 15.9. The first kappa shape index (κ1) is 19.4. The molecule has 0 aliphatic rings. The minimum absolute atomic E-state index is 0.108. The van der Waals surface area contributed by atoms with Gasteiger partial charge in [0.15, 0.2) is 10.3 Å². The fourth-order valence-corrected chi connectivity index (χ4v) is 4.20. The Morgan fingerprint density at radius 2 is 2.03 bits per heavy atom. The lowest BCUT2D eigenvalue weighted by atomic mass is 10.2. The van der Waals surface area contributed by atoms with Crippen LogP contribution in [0.3, 0.4) is 0 Å². The van der Waals surface area contributed by atoms with Crippen molar-refractivity contribution in [2.45, 2.75) is 18.1 Å². The number of hydrogen-bond donors (Lipinski definition) is 1. The quantitative estimate of drug-likeness (QED) is 0.439. The third-order valence-corrected chi connectivity index (χ3v) is 6.03.